The van der Waals surface area contributed by atoms with Crippen LogP contribution in [0.3, 0.4) is 0 Å². The highest BCUT2D eigenvalue weighted by Crippen LogP contribution is 2.17. The molecule has 1 N–H and O–H groups in total. The number of hydrogen-bond acceptors (Lipinski definition) is 8. The molecule has 0 radical (unpaired) electrons. The molecule has 0 saturated carbocycles. The van der Waals surface area contributed by atoms with Crippen LogP contribution in [-0.2, 0) is 22.5 Å². The third kappa shape index (κ3) is 4.74. The molecular formula is C19H20N4O5. The van der Waals surface area contributed by atoms with Gasteiger partial charge in [-0.1, -0.05) is 5.16 Å². The van der Waals surface area contributed by atoms with Crippen LogP contribution < -0.4 is 10.1 Å². The Labute approximate surface area is 161 Å². The van der Waals surface area contributed by atoms with Gasteiger partial charge in [-0.25, -0.2) is 4.98 Å². The second-order valence-electron chi connectivity index (χ2n) is 6.41. The molecule has 1 aliphatic rings. The van der Waals surface area contributed by atoms with Crippen molar-refractivity contribution < 1.29 is 23.2 Å². The molecule has 9 heteroatoms. The number of nitrogens with one attached hydrogen (secondary N) is 1. The lowest BCUT2D eigenvalue weighted by Crippen LogP contribution is -2.23. The molecule has 28 heavy (non-hydrogen) atoms. The van der Waals surface area contributed by atoms with Gasteiger partial charge in [0.25, 0.3) is 0 Å². The van der Waals surface area contributed by atoms with Crippen molar-refractivity contribution in [1.82, 2.24) is 20.4 Å². The van der Waals surface area contributed by atoms with E-state index in [-0.39, 0.29) is 18.4 Å². The molecule has 0 aromatic carbocycles. The number of aromatic nitrogens is 3. The van der Waals surface area contributed by atoms with E-state index in [0.29, 0.717) is 43.8 Å². The normalized spacial score (nSPS) is 16.2. The maximum absolute atomic E-state index is 12.1. The Morgan fingerprint density at radius 3 is 3.14 bits per heavy atom. The van der Waals surface area contributed by atoms with Crippen molar-refractivity contribution in [2.45, 2.75) is 31.9 Å². The van der Waals surface area contributed by atoms with Crippen molar-refractivity contribution in [3.8, 4) is 17.3 Å². The summed E-state index contributed by atoms with van der Waals surface area (Å²) >= 11 is 0. The van der Waals surface area contributed by atoms with Gasteiger partial charge in [-0.15, -0.1) is 0 Å². The number of nitrogens with zero attached hydrogens (tertiary/aromatic N) is 3. The maximum atomic E-state index is 12.1. The van der Waals surface area contributed by atoms with E-state index < -0.39 is 0 Å². The highest BCUT2D eigenvalue weighted by atomic mass is 16.5. The smallest absolute Gasteiger partial charge is 0.227 e. The molecule has 4 rings (SSSR count). The molecule has 3 aromatic rings. The summed E-state index contributed by atoms with van der Waals surface area (Å²) in [7, 11) is 0. The molecule has 9 nitrogen and oxygen atoms in total. The van der Waals surface area contributed by atoms with Crippen LogP contribution in [0.15, 0.2) is 45.9 Å². The monoisotopic (exact) mass is 384 g/mol. The van der Waals surface area contributed by atoms with E-state index >= 15 is 0 Å². The summed E-state index contributed by atoms with van der Waals surface area (Å²) < 4.78 is 21.2. The molecular weight excluding hydrogens is 364 g/mol. The minimum atomic E-state index is -0.105. The highest BCUT2D eigenvalue weighted by Gasteiger charge is 2.18. The van der Waals surface area contributed by atoms with Crippen LogP contribution in [0.1, 0.15) is 24.3 Å². The van der Waals surface area contributed by atoms with Crippen molar-refractivity contribution in [2.24, 2.45) is 0 Å². The number of pyridine rings is 1. The van der Waals surface area contributed by atoms with Gasteiger partial charge >= 0.3 is 0 Å². The lowest BCUT2D eigenvalue weighted by molar-refractivity contribution is -0.121. The Bertz CT molecular complexity index is 903. The summed E-state index contributed by atoms with van der Waals surface area (Å²) in [5, 5.41) is 6.75. The van der Waals surface area contributed by atoms with Crippen LogP contribution in [0.5, 0.6) is 5.88 Å². The summed E-state index contributed by atoms with van der Waals surface area (Å²) in [5.74, 6) is 1.29. The van der Waals surface area contributed by atoms with Gasteiger partial charge in [0.15, 0.2) is 0 Å². The first kappa shape index (κ1) is 18.2. The number of hydrogen-bond donors (Lipinski definition) is 1. The zero-order chi connectivity index (χ0) is 19.2. The predicted octanol–water partition coefficient (Wildman–Crippen LogP) is 2.14. The van der Waals surface area contributed by atoms with Gasteiger partial charge in [-0.2, -0.15) is 4.98 Å². The number of carbonyl (C=O) groups is 1. The molecule has 0 bridgehead atoms. The molecule has 4 heterocycles. The Hall–Kier alpha value is -3.20. The van der Waals surface area contributed by atoms with Crippen molar-refractivity contribution in [3.63, 3.8) is 0 Å². The minimum absolute atomic E-state index is 0.0405. The minimum Gasteiger partial charge on any atom is -0.472 e. The second kappa shape index (κ2) is 8.66. The fourth-order valence-electron chi connectivity index (χ4n) is 2.78. The van der Waals surface area contributed by atoms with E-state index in [0.717, 1.165) is 17.5 Å². The van der Waals surface area contributed by atoms with Crippen LogP contribution in [0.2, 0.25) is 0 Å². The van der Waals surface area contributed by atoms with E-state index in [2.05, 4.69) is 20.4 Å². The SMILES string of the molecule is O=C(CCc1nc(-c2ccoc2)no1)NCc1ccnc(OC2CCOC2)c1. The zero-order valence-electron chi connectivity index (χ0n) is 15.2. The fourth-order valence-corrected chi connectivity index (χ4v) is 2.78. The van der Waals surface area contributed by atoms with Gasteiger partial charge in [-0.05, 0) is 17.7 Å². The van der Waals surface area contributed by atoms with Crippen molar-refractivity contribution in [3.05, 3.63) is 48.4 Å². The van der Waals surface area contributed by atoms with Gasteiger partial charge in [0.05, 0.1) is 25.0 Å². The van der Waals surface area contributed by atoms with Gasteiger partial charge < -0.3 is 23.7 Å². The average molecular weight is 384 g/mol. The van der Waals surface area contributed by atoms with Crippen molar-refractivity contribution >= 4 is 5.91 Å². The maximum Gasteiger partial charge on any atom is 0.227 e. The number of carbonyl (C=O) groups excluding carboxylic acids is 1. The average Bonchev–Trinajstić information content (AvgIpc) is 3.47. The Kier molecular flexibility index (Phi) is 5.62. The van der Waals surface area contributed by atoms with Crippen molar-refractivity contribution in [2.75, 3.05) is 13.2 Å². The number of furan rings is 1. The molecule has 1 saturated heterocycles. The van der Waals surface area contributed by atoms with E-state index in [4.69, 9.17) is 18.4 Å². The highest BCUT2D eigenvalue weighted by molar-refractivity contribution is 5.76. The summed E-state index contributed by atoms with van der Waals surface area (Å²) in [5.41, 5.74) is 1.65. The van der Waals surface area contributed by atoms with Gasteiger partial charge in [0.2, 0.25) is 23.5 Å². The van der Waals surface area contributed by atoms with Crippen LogP contribution in [0.4, 0.5) is 0 Å². The predicted molar refractivity (Wildman–Crippen MR) is 96.3 cm³/mol. The third-order valence-electron chi connectivity index (χ3n) is 4.28. The summed E-state index contributed by atoms with van der Waals surface area (Å²) in [6.45, 7) is 1.69. The van der Waals surface area contributed by atoms with Crippen LogP contribution in [0.25, 0.3) is 11.4 Å². The molecule has 1 amide bonds. The standard InChI is InChI=1S/C19H20N4O5/c24-16(1-2-17-22-19(23-28-17)14-4-7-25-11-14)21-10-13-3-6-20-18(9-13)27-15-5-8-26-12-15/h3-4,6-7,9,11,15H,1-2,5,8,10,12H2,(H,21,24). The van der Waals surface area contributed by atoms with E-state index in [1.807, 2.05) is 12.1 Å². The number of amides is 1. The lowest BCUT2D eigenvalue weighted by Gasteiger charge is -2.11. The van der Waals surface area contributed by atoms with Crippen LogP contribution in [0, 0.1) is 0 Å². The van der Waals surface area contributed by atoms with Gasteiger partial charge in [-0.3, -0.25) is 4.79 Å². The fraction of sp³-hybridized carbons (Fsp3) is 0.368. The van der Waals surface area contributed by atoms with E-state index in [1.165, 1.54) is 12.5 Å². The summed E-state index contributed by atoms with van der Waals surface area (Å²) in [6, 6.07) is 5.41. The van der Waals surface area contributed by atoms with E-state index in [9.17, 15) is 4.79 Å². The molecule has 1 fully saturated rings. The number of aryl methyl sites for hydroxylation is 1. The Balaban J connectivity index is 1.23. The van der Waals surface area contributed by atoms with Crippen LogP contribution in [-0.4, -0.2) is 40.3 Å². The molecule has 1 aliphatic heterocycles. The summed E-state index contributed by atoms with van der Waals surface area (Å²) in [6.07, 6.45) is 6.26. The second-order valence-corrected chi connectivity index (χ2v) is 6.41. The largest absolute Gasteiger partial charge is 0.472 e. The Morgan fingerprint density at radius 1 is 1.36 bits per heavy atom. The van der Waals surface area contributed by atoms with Gasteiger partial charge in [0, 0.05) is 38.1 Å². The van der Waals surface area contributed by atoms with Crippen LogP contribution >= 0.6 is 0 Å². The first-order valence-electron chi connectivity index (χ1n) is 9.07. The molecule has 1 atom stereocenters. The van der Waals surface area contributed by atoms with E-state index in [1.54, 1.807) is 12.3 Å². The van der Waals surface area contributed by atoms with Gasteiger partial charge in [0.1, 0.15) is 12.4 Å². The topological polar surface area (TPSA) is 113 Å². The molecule has 0 spiro atoms. The number of rotatable bonds is 8. The third-order valence-corrected chi connectivity index (χ3v) is 4.28. The lowest BCUT2D eigenvalue weighted by atomic mass is 10.2. The molecule has 146 valence electrons. The number of ether oxygens (including phenoxy) is 2. The Morgan fingerprint density at radius 2 is 2.32 bits per heavy atom. The molecule has 3 aromatic heterocycles. The molecule has 1 unspecified atom stereocenters. The summed E-state index contributed by atoms with van der Waals surface area (Å²) in [4.78, 5) is 20.6. The molecule has 0 aliphatic carbocycles. The van der Waals surface area contributed by atoms with Crippen molar-refractivity contribution in [1.29, 1.82) is 0 Å². The zero-order valence-corrected chi connectivity index (χ0v) is 15.2. The first-order valence-corrected chi connectivity index (χ1v) is 9.07. The first-order chi connectivity index (χ1) is 13.8. The quantitative estimate of drug-likeness (QED) is 0.629.